The van der Waals surface area contributed by atoms with E-state index in [0.717, 1.165) is 22.5 Å². The molecule has 26 heavy (non-hydrogen) atoms. The monoisotopic (exact) mass is 349 g/mol. The van der Waals surface area contributed by atoms with E-state index in [1.807, 2.05) is 59.2 Å². The van der Waals surface area contributed by atoms with Crippen LogP contribution in [0.5, 0.6) is 0 Å². The van der Waals surface area contributed by atoms with E-state index in [1.54, 1.807) is 13.1 Å². The molecule has 0 aliphatic rings. The minimum atomic E-state index is -0.980. The molecule has 0 amide bonds. The van der Waals surface area contributed by atoms with Gasteiger partial charge in [-0.25, -0.2) is 4.79 Å². The van der Waals surface area contributed by atoms with Gasteiger partial charge in [-0.15, -0.1) is 0 Å². The van der Waals surface area contributed by atoms with Crippen LogP contribution in [-0.4, -0.2) is 28.0 Å². The molecule has 3 aromatic rings. The molecule has 5 heteroatoms. The Bertz CT molecular complexity index is 970. The number of hydrogen-bond donors (Lipinski definition) is 1. The first-order chi connectivity index (χ1) is 12.6. The van der Waals surface area contributed by atoms with Gasteiger partial charge in [0.05, 0.1) is 6.61 Å². The van der Waals surface area contributed by atoms with Crippen molar-refractivity contribution < 1.29 is 19.4 Å². The molecule has 0 spiro atoms. The molecule has 2 aromatic carbocycles. The van der Waals surface area contributed by atoms with Gasteiger partial charge < -0.3 is 14.4 Å². The van der Waals surface area contributed by atoms with Gasteiger partial charge in [0.1, 0.15) is 5.76 Å². The number of aliphatic hydroxyl groups excluding tert-OH is 1. The van der Waals surface area contributed by atoms with Crippen molar-refractivity contribution in [3.05, 3.63) is 78.0 Å². The number of fused-ring (bicyclic) bond motifs is 1. The molecule has 0 atom stereocenters. The number of aliphatic hydroxyl groups is 1. The summed E-state index contributed by atoms with van der Waals surface area (Å²) in [4.78, 5) is 23.3. The summed E-state index contributed by atoms with van der Waals surface area (Å²) in [5, 5.41) is 11.2. The maximum absolute atomic E-state index is 11.8. The quantitative estimate of drug-likeness (QED) is 0.319. The first kappa shape index (κ1) is 17.5. The van der Waals surface area contributed by atoms with Crippen molar-refractivity contribution in [3.8, 4) is 0 Å². The van der Waals surface area contributed by atoms with E-state index in [0.29, 0.717) is 12.1 Å². The summed E-state index contributed by atoms with van der Waals surface area (Å²) in [5.41, 5.74) is 2.54. The largest absolute Gasteiger partial charge is 0.507 e. The lowest BCUT2D eigenvalue weighted by Gasteiger charge is -2.05. The van der Waals surface area contributed by atoms with Crippen molar-refractivity contribution >= 4 is 28.4 Å². The first-order valence-corrected chi connectivity index (χ1v) is 8.34. The number of esters is 1. The highest BCUT2D eigenvalue weighted by Crippen LogP contribution is 2.27. The Balaban J connectivity index is 1.99. The van der Waals surface area contributed by atoms with E-state index in [4.69, 9.17) is 0 Å². The van der Waals surface area contributed by atoms with Crippen molar-refractivity contribution in [2.75, 3.05) is 6.61 Å². The highest BCUT2D eigenvalue weighted by atomic mass is 16.5. The van der Waals surface area contributed by atoms with E-state index in [9.17, 15) is 14.7 Å². The number of ether oxygens (including phenoxy) is 1. The fourth-order valence-corrected chi connectivity index (χ4v) is 2.82. The summed E-state index contributed by atoms with van der Waals surface area (Å²) in [6, 6.07) is 17.5. The van der Waals surface area contributed by atoms with Gasteiger partial charge >= 0.3 is 5.97 Å². The Labute approximate surface area is 151 Å². The zero-order valence-electron chi connectivity index (χ0n) is 14.4. The van der Waals surface area contributed by atoms with Crippen LogP contribution in [0.2, 0.25) is 0 Å². The molecule has 5 nitrogen and oxygen atoms in total. The van der Waals surface area contributed by atoms with Crippen LogP contribution in [-0.2, 0) is 20.9 Å². The zero-order chi connectivity index (χ0) is 18.5. The summed E-state index contributed by atoms with van der Waals surface area (Å²) in [6.45, 7) is 2.35. The van der Waals surface area contributed by atoms with Crippen LogP contribution in [0.15, 0.2) is 66.9 Å². The van der Waals surface area contributed by atoms with Crippen molar-refractivity contribution in [3.63, 3.8) is 0 Å². The van der Waals surface area contributed by atoms with Gasteiger partial charge in [-0.05, 0) is 18.6 Å². The second-order valence-electron chi connectivity index (χ2n) is 5.79. The van der Waals surface area contributed by atoms with E-state index < -0.39 is 11.8 Å². The Morgan fingerprint density at radius 2 is 1.77 bits per heavy atom. The number of carbonyl (C=O) groups is 2. The van der Waals surface area contributed by atoms with Crippen molar-refractivity contribution in [1.29, 1.82) is 0 Å². The molecule has 0 saturated carbocycles. The Hall–Kier alpha value is -3.34. The Kier molecular flexibility index (Phi) is 5.17. The number of hydrogen-bond acceptors (Lipinski definition) is 4. The number of benzene rings is 2. The topological polar surface area (TPSA) is 68.5 Å². The number of aromatic nitrogens is 1. The molecule has 0 unspecified atom stereocenters. The third-order valence-corrected chi connectivity index (χ3v) is 4.00. The SMILES string of the molecule is CCOC(=O)C(=O)/C=C(\O)c1cn(Cc2ccccc2)c2ccccc12. The van der Waals surface area contributed by atoms with Gasteiger partial charge in [0.15, 0.2) is 0 Å². The number of nitrogens with zero attached hydrogens (tertiary/aromatic N) is 1. The van der Waals surface area contributed by atoms with Crippen LogP contribution in [0.3, 0.4) is 0 Å². The average molecular weight is 349 g/mol. The van der Waals surface area contributed by atoms with Gasteiger partial charge in [-0.2, -0.15) is 0 Å². The molecule has 0 aliphatic heterocycles. The van der Waals surface area contributed by atoms with Crippen molar-refractivity contribution in [2.45, 2.75) is 13.5 Å². The average Bonchev–Trinajstić information content (AvgIpc) is 3.01. The Morgan fingerprint density at radius 3 is 2.50 bits per heavy atom. The molecule has 1 N–H and O–H groups in total. The van der Waals surface area contributed by atoms with Crippen LogP contribution in [0.4, 0.5) is 0 Å². The van der Waals surface area contributed by atoms with E-state index >= 15 is 0 Å². The standard InChI is InChI=1S/C21H19NO4/c1-2-26-21(25)20(24)12-19(23)17-14-22(13-15-8-4-3-5-9-15)18-11-7-6-10-16(17)18/h3-12,14,23H,2,13H2,1H3/b19-12-. The Morgan fingerprint density at radius 1 is 1.08 bits per heavy atom. The molecule has 1 heterocycles. The molecule has 0 saturated heterocycles. The number of rotatable bonds is 6. The number of ketones is 1. The predicted octanol–water partition coefficient (Wildman–Crippen LogP) is 3.72. The lowest BCUT2D eigenvalue weighted by Crippen LogP contribution is -2.15. The highest BCUT2D eigenvalue weighted by Gasteiger charge is 2.17. The summed E-state index contributed by atoms with van der Waals surface area (Å²) < 4.78 is 6.66. The molecule has 0 bridgehead atoms. The number of carbonyl (C=O) groups excluding carboxylic acids is 2. The first-order valence-electron chi connectivity index (χ1n) is 8.34. The maximum Gasteiger partial charge on any atom is 0.379 e. The van der Waals surface area contributed by atoms with Crippen LogP contribution < -0.4 is 0 Å². The molecular formula is C21H19NO4. The van der Waals surface area contributed by atoms with E-state index in [1.165, 1.54) is 0 Å². The molecule has 0 aliphatic carbocycles. The zero-order valence-corrected chi connectivity index (χ0v) is 14.4. The van der Waals surface area contributed by atoms with Crippen LogP contribution in [0, 0.1) is 0 Å². The lowest BCUT2D eigenvalue weighted by atomic mass is 10.1. The fourth-order valence-electron chi connectivity index (χ4n) is 2.82. The summed E-state index contributed by atoms with van der Waals surface area (Å²) >= 11 is 0. The minimum absolute atomic E-state index is 0.107. The molecular weight excluding hydrogens is 330 g/mol. The smallest absolute Gasteiger partial charge is 0.379 e. The second kappa shape index (κ2) is 7.70. The van der Waals surface area contributed by atoms with Crippen LogP contribution >= 0.6 is 0 Å². The third-order valence-electron chi connectivity index (χ3n) is 4.00. The molecule has 0 radical (unpaired) electrons. The molecule has 1 aromatic heterocycles. The van der Waals surface area contributed by atoms with Gasteiger partial charge in [-0.1, -0.05) is 48.5 Å². The predicted molar refractivity (Wildman–Crippen MR) is 99.7 cm³/mol. The van der Waals surface area contributed by atoms with Gasteiger partial charge in [0.2, 0.25) is 0 Å². The third kappa shape index (κ3) is 3.67. The summed E-state index contributed by atoms with van der Waals surface area (Å²) in [7, 11) is 0. The molecule has 132 valence electrons. The van der Waals surface area contributed by atoms with Gasteiger partial charge in [-0.3, -0.25) is 4.79 Å². The fraction of sp³-hybridized carbons (Fsp3) is 0.143. The molecule has 3 rings (SSSR count). The maximum atomic E-state index is 11.8. The van der Waals surface area contributed by atoms with Crippen molar-refractivity contribution in [1.82, 2.24) is 4.57 Å². The van der Waals surface area contributed by atoms with Crippen LogP contribution in [0.1, 0.15) is 18.1 Å². The summed E-state index contributed by atoms with van der Waals surface area (Å²) in [5.74, 6) is -2.12. The molecule has 0 fully saturated rings. The van der Waals surface area contributed by atoms with E-state index in [-0.39, 0.29) is 12.4 Å². The van der Waals surface area contributed by atoms with E-state index in [2.05, 4.69) is 4.74 Å². The lowest BCUT2D eigenvalue weighted by molar-refractivity contribution is -0.151. The van der Waals surface area contributed by atoms with Gasteiger partial charge in [0.25, 0.3) is 5.78 Å². The highest BCUT2D eigenvalue weighted by molar-refractivity contribution is 6.39. The number of para-hydroxylation sites is 1. The minimum Gasteiger partial charge on any atom is -0.507 e. The van der Waals surface area contributed by atoms with Crippen LogP contribution in [0.25, 0.3) is 16.7 Å². The normalized spacial score (nSPS) is 11.5. The summed E-state index contributed by atoms with van der Waals surface area (Å²) in [6.07, 6.45) is 2.69. The van der Waals surface area contributed by atoms with Gasteiger partial charge in [0, 0.05) is 35.3 Å². The van der Waals surface area contributed by atoms with Crippen molar-refractivity contribution in [2.24, 2.45) is 0 Å². The second-order valence-corrected chi connectivity index (χ2v) is 5.79.